The summed E-state index contributed by atoms with van der Waals surface area (Å²) >= 11 is 3.39. The fourth-order valence-electron chi connectivity index (χ4n) is 5.28. The molecule has 0 radical (unpaired) electrons. The summed E-state index contributed by atoms with van der Waals surface area (Å²) in [5, 5.41) is 2.82. The summed E-state index contributed by atoms with van der Waals surface area (Å²) in [4.78, 5) is 39.4. The van der Waals surface area contributed by atoms with E-state index in [0.717, 1.165) is 16.5 Å². The molecule has 6 heteroatoms. The van der Waals surface area contributed by atoms with Crippen LogP contribution in [0.25, 0.3) is 0 Å². The van der Waals surface area contributed by atoms with Crippen LogP contribution in [-0.2, 0) is 14.4 Å². The van der Waals surface area contributed by atoms with Gasteiger partial charge in [-0.2, -0.15) is 0 Å². The average Bonchev–Trinajstić information content (AvgIpc) is 3.39. The highest BCUT2D eigenvalue weighted by Crippen LogP contribution is 2.65. The summed E-state index contributed by atoms with van der Waals surface area (Å²) < 4.78 is 0.934. The Kier molecular flexibility index (Phi) is 3.45. The number of halogens is 1. The van der Waals surface area contributed by atoms with Crippen molar-refractivity contribution in [2.45, 2.75) is 13.3 Å². The van der Waals surface area contributed by atoms with E-state index in [9.17, 15) is 14.4 Å². The molecule has 2 saturated carbocycles. The Labute approximate surface area is 159 Å². The predicted molar refractivity (Wildman–Crippen MR) is 98.9 cm³/mol. The Morgan fingerprint density at radius 3 is 2.35 bits per heavy atom. The van der Waals surface area contributed by atoms with Crippen molar-refractivity contribution in [1.29, 1.82) is 0 Å². The molecule has 6 rings (SSSR count). The largest absolute Gasteiger partial charge is 0.324 e. The lowest BCUT2D eigenvalue weighted by molar-refractivity contribution is -0.142. The second-order valence-electron chi connectivity index (χ2n) is 7.92. The molecule has 1 aliphatic heterocycles. The quantitative estimate of drug-likeness (QED) is 0.610. The average molecular weight is 415 g/mol. The lowest BCUT2D eigenvalue weighted by atomic mass is 9.63. The molecule has 134 valence electrons. The number of hydrogen-bond donors (Lipinski definition) is 1. The molecule has 6 atom stereocenters. The van der Waals surface area contributed by atoms with E-state index in [1.165, 1.54) is 4.90 Å². The summed E-state index contributed by atoms with van der Waals surface area (Å²) in [6, 6.07) is 5.56. The molecule has 5 aliphatic rings. The van der Waals surface area contributed by atoms with E-state index in [0.29, 0.717) is 17.5 Å². The number of imide groups is 1. The molecule has 4 aliphatic carbocycles. The molecule has 1 aromatic rings. The number of hydrogen-bond acceptors (Lipinski definition) is 3. The van der Waals surface area contributed by atoms with Crippen molar-refractivity contribution in [1.82, 2.24) is 4.90 Å². The van der Waals surface area contributed by atoms with Crippen LogP contribution in [0.3, 0.4) is 0 Å². The first-order chi connectivity index (χ1) is 12.5. The third-order valence-electron chi connectivity index (χ3n) is 6.52. The van der Waals surface area contributed by atoms with E-state index in [2.05, 4.69) is 33.4 Å². The van der Waals surface area contributed by atoms with E-state index >= 15 is 0 Å². The molecule has 0 aromatic heterocycles. The van der Waals surface area contributed by atoms with Crippen molar-refractivity contribution in [3.63, 3.8) is 0 Å². The predicted octanol–water partition coefficient (Wildman–Crippen LogP) is 2.75. The van der Waals surface area contributed by atoms with Gasteiger partial charge < -0.3 is 5.32 Å². The van der Waals surface area contributed by atoms with Crippen molar-refractivity contribution in [3.05, 3.63) is 40.4 Å². The molecule has 5 nitrogen and oxygen atoms in total. The number of allylic oxidation sites excluding steroid dienone is 2. The molecule has 1 heterocycles. The van der Waals surface area contributed by atoms with Gasteiger partial charge in [0.05, 0.1) is 11.8 Å². The lowest BCUT2D eigenvalue weighted by Crippen LogP contribution is -2.40. The Morgan fingerprint density at radius 2 is 1.77 bits per heavy atom. The lowest BCUT2D eigenvalue weighted by Gasteiger charge is -2.37. The van der Waals surface area contributed by atoms with Crippen LogP contribution in [0.2, 0.25) is 0 Å². The second kappa shape index (κ2) is 5.52. The van der Waals surface area contributed by atoms with Crippen molar-refractivity contribution in [2.24, 2.45) is 35.5 Å². The zero-order chi connectivity index (χ0) is 18.2. The number of benzene rings is 1. The number of nitrogens with zero attached hydrogens (tertiary/aromatic N) is 1. The van der Waals surface area contributed by atoms with Gasteiger partial charge in [-0.05, 0) is 60.8 Å². The van der Waals surface area contributed by atoms with E-state index in [1.807, 2.05) is 25.1 Å². The second-order valence-corrected chi connectivity index (χ2v) is 8.84. The molecule has 26 heavy (non-hydrogen) atoms. The van der Waals surface area contributed by atoms with Crippen LogP contribution in [0.5, 0.6) is 0 Å². The first-order valence-corrected chi connectivity index (χ1v) is 9.84. The van der Waals surface area contributed by atoms with Gasteiger partial charge in [-0.1, -0.05) is 28.1 Å². The van der Waals surface area contributed by atoms with Crippen LogP contribution in [0.15, 0.2) is 34.8 Å². The number of carbonyl (C=O) groups excluding carboxylic acids is 3. The van der Waals surface area contributed by atoms with Crippen LogP contribution in [0, 0.1) is 42.4 Å². The molecular formula is C20H19BrN2O3. The van der Waals surface area contributed by atoms with Gasteiger partial charge in [0.15, 0.2) is 0 Å². The van der Waals surface area contributed by atoms with Crippen LogP contribution < -0.4 is 5.32 Å². The third kappa shape index (κ3) is 2.24. The summed E-state index contributed by atoms with van der Waals surface area (Å²) in [6.45, 7) is 1.70. The fraction of sp³-hybridized carbons (Fsp3) is 0.450. The number of nitrogens with one attached hydrogen (secondary N) is 1. The van der Waals surface area contributed by atoms with Gasteiger partial charge in [-0.25, -0.2) is 0 Å². The monoisotopic (exact) mass is 414 g/mol. The van der Waals surface area contributed by atoms with Gasteiger partial charge >= 0.3 is 0 Å². The van der Waals surface area contributed by atoms with Crippen LogP contribution in [0.4, 0.5) is 5.69 Å². The summed E-state index contributed by atoms with van der Waals surface area (Å²) in [5.41, 5.74) is 1.61. The van der Waals surface area contributed by atoms with E-state index in [-0.39, 0.29) is 47.9 Å². The van der Waals surface area contributed by atoms with Crippen molar-refractivity contribution in [2.75, 3.05) is 11.9 Å². The van der Waals surface area contributed by atoms with Gasteiger partial charge in [0.1, 0.15) is 6.54 Å². The normalized spacial score (nSPS) is 36.2. The van der Waals surface area contributed by atoms with Crippen LogP contribution >= 0.6 is 15.9 Å². The van der Waals surface area contributed by atoms with Crippen molar-refractivity contribution < 1.29 is 14.4 Å². The fourth-order valence-corrected chi connectivity index (χ4v) is 5.75. The van der Waals surface area contributed by atoms with Gasteiger partial charge in [0.25, 0.3) is 0 Å². The molecule has 0 spiro atoms. The number of rotatable bonds is 3. The number of anilines is 1. The van der Waals surface area contributed by atoms with Crippen LogP contribution in [0.1, 0.15) is 12.0 Å². The maximum absolute atomic E-state index is 12.9. The summed E-state index contributed by atoms with van der Waals surface area (Å²) in [5.74, 6) is 0.374. The SMILES string of the molecule is Cc1cc(Br)ccc1NC(=O)CN1C(=O)[C@@H]2[C@H]3C=C[C@@H]([C@@H]4C[C@H]34)[C@H]2C1=O. The maximum atomic E-state index is 12.9. The molecule has 1 aromatic carbocycles. The van der Waals surface area contributed by atoms with E-state index in [1.54, 1.807) is 0 Å². The molecule has 1 saturated heterocycles. The minimum Gasteiger partial charge on any atom is -0.324 e. The molecule has 0 unspecified atom stereocenters. The van der Waals surface area contributed by atoms with Gasteiger partial charge in [0.2, 0.25) is 17.7 Å². The van der Waals surface area contributed by atoms with Gasteiger partial charge in [0, 0.05) is 10.2 Å². The molecular weight excluding hydrogens is 396 g/mol. The highest BCUT2D eigenvalue weighted by molar-refractivity contribution is 9.10. The zero-order valence-electron chi connectivity index (χ0n) is 14.3. The minimum atomic E-state index is -0.332. The van der Waals surface area contributed by atoms with E-state index in [4.69, 9.17) is 0 Å². The van der Waals surface area contributed by atoms with Crippen LogP contribution in [-0.4, -0.2) is 29.2 Å². The first kappa shape index (κ1) is 16.2. The molecule has 2 bridgehead atoms. The smallest absolute Gasteiger partial charge is 0.244 e. The zero-order valence-corrected chi connectivity index (χ0v) is 15.9. The summed E-state index contributed by atoms with van der Waals surface area (Å²) in [7, 11) is 0. The van der Waals surface area contributed by atoms with Gasteiger partial charge in [-0.3, -0.25) is 19.3 Å². The Morgan fingerprint density at radius 1 is 1.15 bits per heavy atom. The topological polar surface area (TPSA) is 66.5 Å². The highest BCUT2D eigenvalue weighted by Gasteiger charge is 2.67. The standard InChI is InChI=1S/C20H19BrN2O3/c1-9-6-10(21)2-5-15(9)22-16(24)8-23-19(25)17-11-3-4-12(14-7-13(11)14)18(17)20(23)26/h2-6,11-14,17-18H,7-8H2,1H3,(H,22,24)/t11-,12-,13-,14+,17+,18+/m0/s1. The van der Waals surface area contributed by atoms with Gasteiger partial charge in [-0.15, -0.1) is 0 Å². The molecule has 1 N–H and O–H groups in total. The van der Waals surface area contributed by atoms with Crippen molar-refractivity contribution >= 4 is 39.3 Å². The molecule has 3 amide bonds. The third-order valence-corrected chi connectivity index (χ3v) is 7.01. The molecule has 3 fully saturated rings. The Balaban J connectivity index is 1.33. The summed E-state index contributed by atoms with van der Waals surface area (Å²) in [6.07, 6.45) is 5.42. The van der Waals surface area contributed by atoms with E-state index < -0.39 is 0 Å². The Bertz CT molecular complexity index is 844. The highest BCUT2D eigenvalue weighted by atomic mass is 79.9. The first-order valence-electron chi connectivity index (χ1n) is 9.05. The number of likely N-dealkylation sites (tertiary alicyclic amines) is 1. The number of aryl methyl sites for hydroxylation is 1. The van der Waals surface area contributed by atoms with Crippen molar-refractivity contribution in [3.8, 4) is 0 Å². The minimum absolute atomic E-state index is 0.160. The number of carbonyl (C=O) groups is 3. The Hall–Kier alpha value is -1.95. The number of amides is 3. The maximum Gasteiger partial charge on any atom is 0.244 e.